The van der Waals surface area contributed by atoms with Crippen LogP contribution in [0.2, 0.25) is 0 Å². The lowest BCUT2D eigenvalue weighted by atomic mass is 9.95. The predicted molar refractivity (Wildman–Crippen MR) is 153 cm³/mol. The molecule has 4 N–H and O–H groups in total. The van der Waals surface area contributed by atoms with Crippen LogP contribution in [0.4, 0.5) is 4.79 Å². The zero-order valence-corrected chi connectivity index (χ0v) is 26.2. The number of rotatable bonds is 14. The van der Waals surface area contributed by atoms with Crippen molar-refractivity contribution in [3.8, 4) is 0 Å². The summed E-state index contributed by atoms with van der Waals surface area (Å²) in [5.74, 6) is -5.44. The first-order chi connectivity index (χ1) is 21.6. The molecule has 0 unspecified atom stereocenters. The Bertz CT molecular complexity index is 1260. The van der Waals surface area contributed by atoms with E-state index >= 15 is 0 Å². The van der Waals surface area contributed by atoms with Crippen LogP contribution in [0.15, 0.2) is 30.3 Å². The first-order valence-corrected chi connectivity index (χ1v) is 14.1. The highest BCUT2D eigenvalue weighted by Crippen LogP contribution is 2.29. The Balaban J connectivity index is 2.24. The molecular weight excluding hydrogens is 614 g/mol. The summed E-state index contributed by atoms with van der Waals surface area (Å²) in [5, 5.41) is 17.0. The second-order valence-corrected chi connectivity index (χ2v) is 10.3. The van der Waals surface area contributed by atoms with Crippen molar-refractivity contribution in [2.45, 2.75) is 97.0 Å². The van der Waals surface area contributed by atoms with E-state index in [2.05, 4.69) is 16.0 Å². The maximum absolute atomic E-state index is 12.9. The van der Waals surface area contributed by atoms with Gasteiger partial charge in [-0.05, 0) is 19.4 Å². The molecule has 46 heavy (non-hydrogen) atoms. The molecule has 1 fully saturated rings. The van der Waals surface area contributed by atoms with Crippen LogP contribution >= 0.6 is 0 Å². The van der Waals surface area contributed by atoms with Gasteiger partial charge in [0.05, 0.1) is 6.10 Å². The Labute approximate surface area is 264 Å². The molecule has 8 atom stereocenters. The third-order valence-corrected chi connectivity index (χ3v) is 6.39. The number of hydrogen-bond acceptors (Lipinski definition) is 13. The van der Waals surface area contributed by atoms with Crippen LogP contribution < -0.4 is 16.0 Å². The fourth-order valence-corrected chi connectivity index (χ4v) is 4.36. The zero-order valence-electron chi connectivity index (χ0n) is 26.2. The fourth-order valence-electron chi connectivity index (χ4n) is 4.36. The Hall–Kier alpha value is -4.77. The average molecular weight is 654 g/mol. The van der Waals surface area contributed by atoms with E-state index in [1.54, 1.807) is 30.3 Å². The Morgan fingerprint density at radius 3 is 2.00 bits per heavy atom. The summed E-state index contributed by atoms with van der Waals surface area (Å²) in [6, 6.07) is 4.44. The summed E-state index contributed by atoms with van der Waals surface area (Å²) in [4.78, 5) is 84.9. The Kier molecular flexibility index (Phi) is 14.4. The molecule has 1 saturated heterocycles. The summed E-state index contributed by atoms with van der Waals surface area (Å²) < 4.78 is 32.6. The van der Waals surface area contributed by atoms with Gasteiger partial charge in [-0.2, -0.15) is 0 Å². The lowest BCUT2D eigenvalue weighted by molar-refractivity contribution is -0.287. The molecule has 1 aromatic carbocycles. The highest BCUT2D eigenvalue weighted by atomic mass is 16.7. The smallest absolute Gasteiger partial charge is 0.408 e. The van der Waals surface area contributed by atoms with Crippen molar-refractivity contribution in [3.63, 3.8) is 0 Å². The molecule has 0 bridgehead atoms. The monoisotopic (exact) mass is 653 g/mol. The van der Waals surface area contributed by atoms with Crippen molar-refractivity contribution in [1.82, 2.24) is 16.0 Å². The van der Waals surface area contributed by atoms with Gasteiger partial charge < -0.3 is 49.5 Å². The number of hydrogen-bond donors (Lipinski definition) is 4. The van der Waals surface area contributed by atoms with Gasteiger partial charge in [0.2, 0.25) is 11.8 Å². The maximum Gasteiger partial charge on any atom is 0.408 e. The van der Waals surface area contributed by atoms with Crippen molar-refractivity contribution in [2.24, 2.45) is 0 Å². The number of alkyl carbamates (subject to hydrolysis) is 1. The number of carboxylic acids is 1. The minimum Gasteiger partial charge on any atom is -0.480 e. The largest absolute Gasteiger partial charge is 0.480 e. The van der Waals surface area contributed by atoms with Gasteiger partial charge >= 0.3 is 30.0 Å². The summed E-state index contributed by atoms with van der Waals surface area (Å²) in [6.07, 6.45) is -8.04. The molecule has 0 spiro atoms. The first-order valence-electron chi connectivity index (χ1n) is 14.1. The average Bonchev–Trinajstić information content (AvgIpc) is 2.96. The molecule has 2 rings (SSSR count). The van der Waals surface area contributed by atoms with Crippen molar-refractivity contribution in [2.75, 3.05) is 6.61 Å². The minimum atomic E-state index is -1.73. The van der Waals surface area contributed by atoms with E-state index in [9.17, 15) is 38.7 Å². The molecule has 1 heterocycles. The van der Waals surface area contributed by atoms with E-state index in [1.165, 1.54) is 13.8 Å². The van der Waals surface area contributed by atoms with Crippen LogP contribution in [-0.2, 0) is 63.8 Å². The maximum atomic E-state index is 12.9. The molecule has 17 nitrogen and oxygen atoms in total. The second kappa shape index (κ2) is 17.6. The lowest BCUT2D eigenvalue weighted by Gasteiger charge is -2.45. The van der Waals surface area contributed by atoms with Gasteiger partial charge in [0.25, 0.3) is 0 Å². The predicted octanol–water partition coefficient (Wildman–Crippen LogP) is -0.0681. The molecule has 254 valence electrons. The van der Waals surface area contributed by atoms with Crippen molar-refractivity contribution in [1.29, 1.82) is 0 Å². The van der Waals surface area contributed by atoms with Crippen molar-refractivity contribution < 1.29 is 67.1 Å². The molecule has 0 aliphatic carbocycles. The number of amides is 3. The highest BCUT2D eigenvalue weighted by Gasteiger charge is 2.52. The van der Waals surface area contributed by atoms with E-state index in [1.807, 2.05) is 0 Å². The van der Waals surface area contributed by atoms with Crippen LogP contribution in [-0.4, -0.2) is 102 Å². The number of nitrogens with one attached hydrogen (secondary N) is 3. The van der Waals surface area contributed by atoms with Gasteiger partial charge in [-0.15, -0.1) is 0 Å². The quantitative estimate of drug-likeness (QED) is 0.152. The van der Waals surface area contributed by atoms with Crippen LogP contribution in [0.5, 0.6) is 0 Å². The van der Waals surface area contributed by atoms with Gasteiger partial charge in [0.1, 0.15) is 31.4 Å². The van der Waals surface area contributed by atoms with Crippen LogP contribution in [0, 0.1) is 0 Å². The molecule has 17 heteroatoms. The van der Waals surface area contributed by atoms with Gasteiger partial charge in [0, 0.05) is 27.7 Å². The molecule has 1 aliphatic heterocycles. The highest BCUT2D eigenvalue weighted by molar-refractivity contribution is 5.89. The molecule has 3 amide bonds. The van der Waals surface area contributed by atoms with E-state index in [0.29, 0.717) is 5.56 Å². The summed E-state index contributed by atoms with van der Waals surface area (Å²) in [7, 11) is 0. The fraction of sp³-hybridized carbons (Fsp3) is 0.552. The summed E-state index contributed by atoms with van der Waals surface area (Å²) >= 11 is 0. The van der Waals surface area contributed by atoms with Crippen LogP contribution in [0.3, 0.4) is 0 Å². The third kappa shape index (κ3) is 12.0. The van der Waals surface area contributed by atoms with E-state index < -0.39 is 97.2 Å². The van der Waals surface area contributed by atoms with Crippen LogP contribution in [0.1, 0.15) is 47.1 Å². The van der Waals surface area contributed by atoms with E-state index in [-0.39, 0.29) is 6.61 Å². The Morgan fingerprint density at radius 2 is 1.46 bits per heavy atom. The zero-order chi connectivity index (χ0) is 34.6. The molecule has 1 aromatic rings. The first kappa shape index (κ1) is 37.4. The standard InChI is InChI=1S/C29H39N3O14/c1-14(30-29(40)42-12-20-10-8-7-9-11-20)26(37)32-22(27(38)39)15(2)43-28-23(31-16(3)33)25(45-19(6)36)24(44-18(5)35)21(46-28)13-41-17(4)34/h7-11,14-15,21-25,28H,12-13H2,1-6H3,(H,30,40)(H,31,33)(H,32,37)(H,38,39)/t14-,15+,21+,22-,23+,24-,25+,28-/m0/s1. The topological polar surface area (TPSA) is 231 Å². The second-order valence-electron chi connectivity index (χ2n) is 10.3. The molecule has 1 aliphatic rings. The lowest BCUT2D eigenvalue weighted by Crippen LogP contribution is -2.67. The van der Waals surface area contributed by atoms with Gasteiger partial charge in [-0.1, -0.05) is 30.3 Å². The van der Waals surface area contributed by atoms with Crippen molar-refractivity contribution >= 4 is 41.8 Å². The minimum absolute atomic E-state index is 0.0639. The third-order valence-electron chi connectivity index (χ3n) is 6.39. The molecule has 0 saturated carbocycles. The van der Waals surface area contributed by atoms with Gasteiger partial charge in [-0.25, -0.2) is 9.59 Å². The number of carboxylic acid groups (broad SMARTS) is 1. The summed E-state index contributed by atoms with van der Waals surface area (Å²) in [6.45, 7) is 6.40. The van der Waals surface area contributed by atoms with E-state index in [0.717, 1.165) is 27.7 Å². The van der Waals surface area contributed by atoms with Gasteiger partial charge in [-0.3, -0.25) is 24.0 Å². The molecular formula is C29H39N3O14. The number of ether oxygens (including phenoxy) is 6. The van der Waals surface area contributed by atoms with Crippen molar-refractivity contribution in [3.05, 3.63) is 35.9 Å². The number of carbonyl (C=O) groups excluding carboxylic acids is 6. The summed E-state index contributed by atoms with van der Waals surface area (Å²) in [5.41, 5.74) is 0.708. The van der Waals surface area contributed by atoms with Crippen LogP contribution in [0.25, 0.3) is 0 Å². The van der Waals surface area contributed by atoms with Gasteiger partial charge in [0.15, 0.2) is 24.5 Å². The number of benzene rings is 1. The molecule has 0 radical (unpaired) electrons. The Morgan fingerprint density at radius 1 is 0.848 bits per heavy atom. The molecule has 0 aromatic heterocycles. The van der Waals surface area contributed by atoms with E-state index in [4.69, 9.17) is 28.4 Å². The number of aliphatic carboxylic acids is 1. The SMILES string of the molecule is CC(=O)N[C@H]1[C@@H](O[C@H](C)[C@H](NC(=O)[C@H](C)NC(=O)OCc2ccccc2)C(=O)O)O[C@H](COC(C)=O)[C@H](OC(C)=O)[C@@H]1OC(C)=O. The normalized spacial score (nSPS) is 22.5. The number of esters is 3. The number of carbonyl (C=O) groups is 7.